The summed E-state index contributed by atoms with van der Waals surface area (Å²) in [6.07, 6.45) is 0.862. The molecule has 0 saturated heterocycles. The van der Waals surface area contributed by atoms with Crippen LogP contribution in [0.5, 0.6) is 5.75 Å². The van der Waals surface area contributed by atoms with Crippen molar-refractivity contribution in [2.45, 2.75) is 13.3 Å². The Morgan fingerprint density at radius 3 is 2.80 bits per heavy atom. The Morgan fingerprint density at radius 2 is 2.00 bits per heavy atom. The molecule has 3 aromatic rings. The summed E-state index contributed by atoms with van der Waals surface area (Å²) < 4.78 is 21.1. The Kier molecular flexibility index (Phi) is 3.40. The van der Waals surface area contributed by atoms with Gasteiger partial charge in [-0.3, -0.25) is 4.79 Å². The minimum Gasteiger partial charge on any atom is -0.492 e. The quantitative estimate of drug-likeness (QED) is 0.670. The van der Waals surface area contributed by atoms with Crippen LogP contribution < -0.4 is 10.2 Å². The molecule has 0 bridgehead atoms. The zero-order valence-corrected chi connectivity index (χ0v) is 11.8. The summed E-state index contributed by atoms with van der Waals surface area (Å²) in [7, 11) is 0. The predicted octanol–water partition coefficient (Wildman–Crippen LogP) is 4.34. The second-order valence-corrected chi connectivity index (χ2v) is 5.58. The molecule has 102 valence electrons. The van der Waals surface area contributed by atoms with Gasteiger partial charge in [0, 0.05) is 10.1 Å². The number of rotatable bonds is 3. The Labute approximate surface area is 119 Å². The molecule has 1 aromatic heterocycles. The Hall–Kier alpha value is -1.94. The van der Waals surface area contributed by atoms with E-state index < -0.39 is 5.82 Å². The zero-order valence-electron chi connectivity index (χ0n) is 11.0. The Bertz CT molecular complexity index is 839. The van der Waals surface area contributed by atoms with Gasteiger partial charge in [0.05, 0.1) is 16.7 Å². The average Bonchev–Trinajstić information content (AvgIpc) is 2.47. The first-order valence-corrected chi connectivity index (χ1v) is 7.31. The third-order valence-electron chi connectivity index (χ3n) is 3.10. The lowest BCUT2D eigenvalue weighted by Gasteiger charge is -2.09. The van der Waals surface area contributed by atoms with Crippen LogP contribution in [0.3, 0.4) is 0 Å². The minimum atomic E-state index is -0.490. The molecule has 0 aliphatic heterocycles. The number of ether oxygens (including phenoxy) is 1. The topological polar surface area (TPSA) is 26.3 Å². The Balaban J connectivity index is 2.40. The number of hydrogen-bond donors (Lipinski definition) is 0. The lowest BCUT2D eigenvalue weighted by atomic mass is 10.1. The van der Waals surface area contributed by atoms with E-state index in [1.54, 1.807) is 18.2 Å². The smallest absolute Gasteiger partial charge is 0.198 e. The minimum absolute atomic E-state index is 0.127. The van der Waals surface area contributed by atoms with E-state index in [2.05, 4.69) is 0 Å². The van der Waals surface area contributed by atoms with Gasteiger partial charge in [0.1, 0.15) is 11.6 Å². The van der Waals surface area contributed by atoms with Gasteiger partial charge in [-0.1, -0.05) is 19.1 Å². The highest BCUT2D eigenvalue weighted by Crippen LogP contribution is 2.33. The third-order valence-corrected chi connectivity index (χ3v) is 4.29. The number of fused-ring (bicyclic) bond motifs is 2. The molecule has 1 heterocycles. The molecule has 3 rings (SSSR count). The molecule has 0 saturated carbocycles. The number of benzene rings is 2. The van der Waals surface area contributed by atoms with Gasteiger partial charge in [-0.2, -0.15) is 0 Å². The second kappa shape index (κ2) is 5.21. The van der Waals surface area contributed by atoms with E-state index in [0.717, 1.165) is 11.1 Å². The van der Waals surface area contributed by atoms with Crippen LogP contribution in [0.15, 0.2) is 41.2 Å². The van der Waals surface area contributed by atoms with Gasteiger partial charge in [-0.25, -0.2) is 4.39 Å². The lowest BCUT2D eigenvalue weighted by Crippen LogP contribution is -2.05. The van der Waals surface area contributed by atoms with E-state index in [-0.39, 0.29) is 10.8 Å². The average molecular weight is 288 g/mol. The summed E-state index contributed by atoms with van der Waals surface area (Å²) >= 11 is 1.39. The van der Waals surface area contributed by atoms with Gasteiger partial charge >= 0.3 is 0 Å². The maximum Gasteiger partial charge on any atom is 0.198 e. The van der Waals surface area contributed by atoms with Crippen molar-refractivity contribution in [3.8, 4) is 5.75 Å². The molecule has 2 nitrogen and oxygen atoms in total. The highest BCUT2D eigenvalue weighted by Gasteiger charge is 2.14. The summed E-state index contributed by atoms with van der Waals surface area (Å²) in [5.41, 5.74) is -0.270. The van der Waals surface area contributed by atoms with Crippen molar-refractivity contribution in [1.82, 2.24) is 0 Å². The van der Waals surface area contributed by atoms with Crippen LogP contribution in [0.4, 0.5) is 4.39 Å². The molecule has 0 atom stereocenters. The number of hydrogen-bond acceptors (Lipinski definition) is 3. The molecule has 4 heteroatoms. The molecule has 0 aliphatic rings. The standard InChI is InChI=1S/C16H13FO2S/c1-2-9-19-12-8-7-11(17)14-15(18)10-5-3-4-6-13(10)20-16(12)14/h3-8H,2,9H2,1H3. The second-order valence-electron chi connectivity index (χ2n) is 4.53. The van der Waals surface area contributed by atoms with E-state index in [0.29, 0.717) is 22.4 Å². The normalized spacial score (nSPS) is 11.1. The predicted molar refractivity (Wildman–Crippen MR) is 81.3 cm³/mol. The first-order chi connectivity index (χ1) is 9.72. The monoisotopic (exact) mass is 288 g/mol. The molecule has 0 radical (unpaired) electrons. The molecular weight excluding hydrogens is 275 g/mol. The lowest BCUT2D eigenvalue weighted by molar-refractivity contribution is 0.321. The van der Waals surface area contributed by atoms with E-state index in [4.69, 9.17) is 4.74 Å². The molecule has 0 amide bonds. The Morgan fingerprint density at radius 1 is 1.20 bits per heavy atom. The highest BCUT2D eigenvalue weighted by molar-refractivity contribution is 7.24. The van der Waals surface area contributed by atoms with Crippen molar-refractivity contribution < 1.29 is 9.13 Å². The van der Waals surface area contributed by atoms with E-state index in [1.807, 2.05) is 19.1 Å². The fourth-order valence-electron chi connectivity index (χ4n) is 2.17. The van der Waals surface area contributed by atoms with Crippen molar-refractivity contribution in [3.05, 3.63) is 52.4 Å². The van der Waals surface area contributed by atoms with Crippen LogP contribution in [-0.4, -0.2) is 6.61 Å². The first-order valence-electron chi connectivity index (χ1n) is 6.49. The van der Waals surface area contributed by atoms with Crippen LogP contribution >= 0.6 is 11.3 Å². The van der Waals surface area contributed by atoms with Crippen molar-refractivity contribution in [1.29, 1.82) is 0 Å². The molecule has 0 spiro atoms. The molecule has 0 fully saturated rings. The summed E-state index contributed by atoms with van der Waals surface area (Å²) in [6.45, 7) is 2.55. The van der Waals surface area contributed by atoms with Gasteiger partial charge in [0.15, 0.2) is 5.43 Å². The fourth-order valence-corrected chi connectivity index (χ4v) is 3.32. The van der Waals surface area contributed by atoms with Crippen molar-refractivity contribution in [2.75, 3.05) is 6.61 Å². The SMILES string of the molecule is CCCOc1ccc(F)c2c(=O)c3ccccc3sc12. The summed E-state index contributed by atoms with van der Waals surface area (Å²) in [4.78, 5) is 12.4. The van der Waals surface area contributed by atoms with E-state index >= 15 is 0 Å². The van der Waals surface area contributed by atoms with Crippen molar-refractivity contribution in [3.63, 3.8) is 0 Å². The van der Waals surface area contributed by atoms with Crippen LogP contribution in [0.25, 0.3) is 20.2 Å². The van der Waals surface area contributed by atoms with Gasteiger partial charge < -0.3 is 4.74 Å². The molecule has 2 aromatic carbocycles. The summed E-state index contributed by atoms with van der Waals surface area (Å²) in [6, 6.07) is 10.2. The molecule has 0 aliphatic carbocycles. The first kappa shape index (κ1) is 13.1. The van der Waals surface area contributed by atoms with Crippen LogP contribution in [-0.2, 0) is 0 Å². The van der Waals surface area contributed by atoms with Gasteiger partial charge in [-0.15, -0.1) is 11.3 Å². The number of halogens is 1. The van der Waals surface area contributed by atoms with Crippen LogP contribution in [0.2, 0.25) is 0 Å². The summed E-state index contributed by atoms with van der Waals surface area (Å²) in [5.74, 6) is 0.0898. The largest absolute Gasteiger partial charge is 0.492 e. The van der Waals surface area contributed by atoms with E-state index in [9.17, 15) is 9.18 Å². The molecule has 20 heavy (non-hydrogen) atoms. The third kappa shape index (κ3) is 2.06. The van der Waals surface area contributed by atoms with Gasteiger partial charge in [0.25, 0.3) is 0 Å². The maximum atomic E-state index is 14.0. The van der Waals surface area contributed by atoms with Crippen LogP contribution in [0, 0.1) is 5.82 Å². The van der Waals surface area contributed by atoms with Gasteiger partial charge in [0.2, 0.25) is 0 Å². The van der Waals surface area contributed by atoms with Crippen LogP contribution in [0.1, 0.15) is 13.3 Å². The molecule has 0 N–H and O–H groups in total. The summed E-state index contributed by atoms with van der Waals surface area (Å²) in [5, 5.41) is 0.679. The molecular formula is C16H13FO2S. The molecule has 0 unspecified atom stereocenters. The van der Waals surface area contributed by atoms with Crippen molar-refractivity contribution >= 4 is 31.5 Å². The fraction of sp³-hybridized carbons (Fsp3) is 0.188. The highest BCUT2D eigenvalue weighted by atomic mass is 32.1. The van der Waals surface area contributed by atoms with Crippen molar-refractivity contribution in [2.24, 2.45) is 0 Å². The maximum absolute atomic E-state index is 14.0. The van der Waals surface area contributed by atoms with Gasteiger partial charge in [-0.05, 0) is 30.7 Å². The van der Waals surface area contributed by atoms with E-state index in [1.165, 1.54) is 17.4 Å². The zero-order chi connectivity index (χ0) is 14.1.